The van der Waals surface area contributed by atoms with E-state index in [4.69, 9.17) is 9.47 Å². The fourth-order valence-electron chi connectivity index (χ4n) is 3.49. The largest absolute Gasteiger partial charge is 0.497 e. The van der Waals surface area contributed by atoms with Crippen molar-refractivity contribution in [1.29, 1.82) is 0 Å². The van der Waals surface area contributed by atoms with Crippen LogP contribution in [-0.4, -0.2) is 54.9 Å². The predicted molar refractivity (Wildman–Crippen MR) is 112 cm³/mol. The van der Waals surface area contributed by atoms with Gasteiger partial charge >= 0.3 is 0 Å². The van der Waals surface area contributed by atoms with Crippen LogP contribution >= 0.6 is 12.4 Å². The molecule has 2 aromatic rings. The second-order valence-corrected chi connectivity index (χ2v) is 8.33. The molecule has 0 aliphatic carbocycles. The summed E-state index contributed by atoms with van der Waals surface area (Å²) in [5.41, 5.74) is 1.40. The molecule has 9 heteroatoms. The van der Waals surface area contributed by atoms with E-state index in [1.807, 2.05) is 6.07 Å². The Bertz CT molecular complexity index is 918. The van der Waals surface area contributed by atoms with Gasteiger partial charge in [0.15, 0.2) is 5.75 Å². The number of halogens is 1. The van der Waals surface area contributed by atoms with Crippen molar-refractivity contribution in [3.8, 4) is 11.5 Å². The lowest BCUT2D eigenvalue weighted by Crippen LogP contribution is -2.44. The molecular weight excluding hydrogens is 402 g/mol. The smallest absolute Gasteiger partial charge is 0.264 e. The molecule has 2 aliphatic heterocycles. The van der Waals surface area contributed by atoms with Crippen molar-refractivity contribution < 1.29 is 17.9 Å². The van der Waals surface area contributed by atoms with Crippen molar-refractivity contribution in [1.82, 2.24) is 5.32 Å². The highest BCUT2D eigenvalue weighted by molar-refractivity contribution is 7.92. The molecule has 7 nitrogen and oxygen atoms in total. The molecule has 28 heavy (non-hydrogen) atoms. The van der Waals surface area contributed by atoms with Crippen LogP contribution in [0.2, 0.25) is 0 Å². The lowest BCUT2D eigenvalue weighted by atomic mass is 10.1. The van der Waals surface area contributed by atoms with E-state index >= 15 is 0 Å². The number of fused-ring (bicyclic) bond motifs is 1. The van der Waals surface area contributed by atoms with Crippen LogP contribution < -0.4 is 24.0 Å². The summed E-state index contributed by atoms with van der Waals surface area (Å²) in [4.78, 5) is 2.47. The van der Waals surface area contributed by atoms with Gasteiger partial charge in [-0.15, -0.1) is 12.4 Å². The van der Waals surface area contributed by atoms with Crippen LogP contribution in [0.1, 0.15) is 0 Å². The van der Waals surface area contributed by atoms with Gasteiger partial charge in [-0.1, -0.05) is 18.2 Å². The highest BCUT2D eigenvalue weighted by Gasteiger charge is 2.33. The van der Waals surface area contributed by atoms with Gasteiger partial charge in [-0.2, -0.15) is 0 Å². The van der Waals surface area contributed by atoms with Crippen LogP contribution in [0.25, 0.3) is 0 Å². The quantitative estimate of drug-likeness (QED) is 0.809. The summed E-state index contributed by atoms with van der Waals surface area (Å²) in [7, 11) is -2.09. The lowest BCUT2D eigenvalue weighted by Gasteiger charge is -2.36. The molecule has 0 bridgehead atoms. The molecule has 0 unspecified atom stereocenters. The van der Waals surface area contributed by atoms with Gasteiger partial charge in [0.05, 0.1) is 29.9 Å². The maximum absolute atomic E-state index is 13.2. The Morgan fingerprint density at radius 1 is 1.04 bits per heavy atom. The molecule has 0 spiro atoms. The van der Waals surface area contributed by atoms with Crippen molar-refractivity contribution >= 4 is 33.8 Å². The van der Waals surface area contributed by atoms with Crippen molar-refractivity contribution in [2.24, 2.45) is 0 Å². The summed E-state index contributed by atoms with van der Waals surface area (Å²) < 4.78 is 39.3. The summed E-state index contributed by atoms with van der Waals surface area (Å²) in [5.74, 6) is 1.21. The van der Waals surface area contributed by atoms with E-state index < -0.39 is 10.0 Å². The van der Waals surface area contributed by atoms with E-state index in [9.17, 15) is 8.42 Å². The zero-order chi connectivity index (χ0) is 18.9. The van der Waals surface area contributed by atoms with Gasteiger partial charge in [-0.3, -0.25) is 4.31 Å². The number of benzene rings is 2. The van der Waals surface area contributed by atoms with Crippen LogP contribution in [0.15, 0.2) is 47.4 Å². The summed E-state index contributed by atoms with van der Waals surface area (Å²) in [6, 6.07) is 12.1. The number of nitrogens with one attached hydrogen (secondary N) is 1. The van der Waals surface area contributed by atoms with Crippen LogP contribution in [0.3, 0.4) is 0 Å². The fraction of sp³-hybridized carbons (Fsp3) is 0.368. The number of rotatable bonds is 4. The zero-order valence-corrected chi connectivity index (χ0v) is 17.3. The molecule has 2 heterocycles. The van der Waals surface area contributed by atoms with E-state index in [-0.39, 0.29) is 23.8 Å². The van der Waals surface area contributed by atoms with Crippen molar-refractivity contribution in [2.75, 3.05) is 55.6 Å². The molecule has 152 valence electrons. The zero-order valence-electron chi connectivity index (χ0n) is 15.6. The fourth-order valence-corrected chi connectivity index (χ4v) is 4.95. The molecule has 0 aromatic heterocycles. The van der Waals surface area contributed by atoms with Crippen LogP contribution in [0, 0.1) is 0 Å². The van der Waals surface area contributed by atoms with E-state index in [1.54, 1.807) is 43.5 Å². The minimum atomic E-state index is -3.68. The van der Waals surface area contributed by atoms with Gasteiger partial charge in [0, 0.05) is 38.3 Å². The van der Waals surface area contributed by atoms with E-state index in [2.05, 4.69) is 10.2 Å². The second kappa shape index (κ2) is 8.46. The highest BCUT2D eigenvalue weighted by Crippen LogP contribution is 2.45. The second-order valence-electron chi connectivity index (χ2n) is 6.47. The maximum Gasteiger partial charge on any atom is 0.264 e. The van der Waals surface area contributed by atoms with E-state index in [0.717, 1.165) is 31.9 Å². The van der Waals surface area contributed by atoms with Crippen molar-refractivity contribution in [2.45, 2.75) is 4.90 Å². The van der Waals surface area contributed by atoms with Gasteiger partial charge in [-0.05, 0) is 12.1 Å². The number of nitrogens with zero attached hydrogens (tertiary/aromatic N) is 2. The number of ether oxygens (including phenoxy) is 2. The number of anilines is 2. The monoisotopic (exact) mass is 425 g/mol. The molecular formula is C19H24ClN3O4S. The first-order valence-electron chi connectivity index (χ1n) is 8.99. The Hall–Kier alpha value is -2.16. The van der Waals surface area contributed by atoms with Gasteiger partial charge in [0.2, 0.25) is 0 Å². The minimum absolute atomic E-state index is 0. The topological polar surface area (TPSA) is 71.1 Å². The summed E-state index contributed by atoms with van der Waals surface area (Å²) >= 11 is 0. The number of piperazine rings is 1. The van der Waals surface area contributed by atoms with Crippen LogP contribution in [-0.2, 0) is 10.0 Å². The summed E-state index contributed by atoms with van der Waals surface area (Å²) in [6.45, 7) is 3.97. The molecule has 4 rings (SSSR count). The molecule has 1 fully saturated rings. The molecule has 0 amide bonds. The molecule has 1 saturated heterocycles. The average molecular weight is 426 g/mol. The summed E-state index contributed by atoms with van der Waals surface area (Å²) in [5, 5.41) is 3.33. The first-order valence-corrected chi connectivity index (χ1v) is 10.4. The maximum atomic E-state index is 13.2. The minimum Gasteiger partial charge on any atom is -0.497 e. The Kier molecular flexibility index (Phi) is 6.22. The van der Waals surface area contributed by atoms with Crippen LogP contribution in [0.4, 0.5) is 11.4 Å². The van der Waals surface area contributed by atoms with Gasteiger partial charge in [-0.25, -0.2) is 8.42 Å². The van der Waals surface area contributed by atoms with Gasteiger partial charge in [0.1, 0.15) is 12.4 Å². The first-order chi connectivity index (χ1) is 13.1. The Morgan fingerprint density at radius 3 is 2.39 bits per heavy atom. The molecule has 2 aliphatic rings. The third-order valence-corrected chi connectivity index (χ3v) is 6.68. The molecule has 2 aromatic carbocycles. The van der Waals surface area contributed by atoms with Gasteiger partial charge in [0.25, 0.3) is 10.0 Å². The molecule has 0 radical (unpaired) electrons. The van der Waals surface area contributed by atoms with Crippen molar-refractivity contribution in [3.63, 3.8) is 0 Å². The summed E-state index contributed by atoms with van der Waals surface area (Å²) in [6.07, 6.45) is 0. The molecule has 0 atom stereocenters. The van der Waals surface area contributed by atoms with Crippen LogP contribution in [0.5, 0.6) is 11.5 Å². The van der Waals surface area contributed by atoms with E-state index in [0.29, 0.717) is 23.8 Å². The average Bonchev–Trinajstić information content (AvgIpc) is 2.73. The van der Waals surface area contributed by atoms with E-state index in [1.165, 1.54) is 4.31 Å². The first kappa shape index (κ1) is 20.6. The standard InChI is InChI=1S/C19H23N3O4S.ClH/c1-25-15-13-17(21-9-7-20-8-10-21)19-18(14-15)22(11-12-26-19)27(23,24)16-5-3-2-4-6-16;/h2-6,13-14,20H,7-12H2,1H3;1H. The molecule has 1 N–H and O–H groups in total. The number of methoxy groups -OCH3 is 1. The SMILES string of the molecule is COc1cc(N2CCNCC2)c2c(c1)N(S(=O)(=O)c1ccccc1)CCO2.Cl. The predicted octanol–water partition coefficient (Wildman–Crippen LogP) is 2.11. The third kappa shape index (κ3) is 3.72. The Morgan fingerprint density at radius 2 is 1.71 bits per heavy atom. The lowest BCUT2D eigenvalue weighted by molar-refractivity contribution is 0.314. The molecule has 0 saturated carbocycles. The Labute approximate surface area is 171 Å². The normalized spacial score (nSPS) is 16.6. The Balaban J connectivity index is 0.00000225. The van der Waals surface area contributed by atoms with Crippen molar-refractivity contribution in [3.05, 3.63) is 42.5 Å². The number of sulfonamides is 1. The number of hydrogen-bond acceptors (Lipinski definition) is 6. The highest BCUT2D eigenvalue weighted by atomic mass is 35.5. The third-order valence-electron chi connectivity index (χ3n) is 4.86. The number of hydrogen-bond donors (Lipinski definition) is 1. The van der Waals surface area contributed by atoms with Gasteiger partial charge < -0.3 is 19.7 Å².